The third kappa shape index (κ3) is 11.2. The molecule has 0 saturated carbocycles. The molecular formula is C23H38O3. The highest BCUT2D eigenvalue weighted by Crippen LogP contribution is 2.32. The Morgan fingerprint density at radius 3 is 2.08 bits per heavy atom. The minimum atomic E-state index is -0.0720. The van der Waals surface area contributed by atoms with Gasteiger partial charge in [-0.05, 0) is 51.4 Å². The fourth-order valence-electron chi connectivity index (χ4n) is 3.72. The molecule has 0 aliphatic heterocycles. The number of allylic oxidation sites excluding steroid dienone is 4. The van der Waals surface area contributed by atoms with Gasteiger partial charge in [0.05, 0.1) is 6.42 Å². The average molecular weight is 363 g/mol. The Morgan fingerprint density at radius 1 is 0.923 bits per heavy atom. The first-order valence-electron chi connectivity index (χ1n) is 10.2. The average Bonchev–Trinajstić information content (AvgIpc) is 2.54. The summed E-state index contributed by atoms with van der Waals surface area (Å²) in [5, 5.41) is 0. The molecule has 148 valence electrons. The Labute approximate surface area is 160 Å². The van der Waals surface area contributed by atoms with Gasteiger partial charge in [-0.15, -0.1) is 0 Å². The van der Waals surface area contributed by atoms with E-state index in [2.05, 4.69) is 26.0 Å². The summed E-state index contributed by atoms with van der Waals surface area (Å²) in [6, 6.07) is 0. The summed E-state index contributed by atoms with van der Waals surface area (Å²) in [4.78, 5) is 35.6. The first-order valence-corrected chi connectivity index (χ1v) is 10.2. The van der Waals surface area contributed by atoms with Crippen LogP contribution in [0.4, 0.5) is 0 Å². The lowest BCUT2D eigenvalue weighted by Crippen LogP contribution is -2.27. The predicted octanol–water partition coefficient (Wildman–Crippen LogP) is 5.88. The summed E-state index contributed by atoms with van der Waals surface area (Å²) in [5.41, 5.74) is 0. The van der Waals surface area contributed by atoms with Crippen LogP contribution in [0.1, 0.15) is 86.0 Å². The lowest BCUT2D eigenvalue weighted by molar-refractivity contribution is -0.129. The molecule has 0 bridgehead atoms. The third-order valence-electron chi connectivity index (χ3n) is 4.81. The van der Waals surface area contributed by atoms with E-state index in [1.807, 2.05) is 19.1 Å². The molecule has 0 heterocycles. The molecule has 0 saturated heterocycles. The first-order chi connectivity index (χ1) is 12.3. The smallest absolute Gasteiger partial charge is 0.143 e. The molecule has 0 aromatic heterocycles. The molecule has 0 rings (SSSR count). The zero-order chi connectivity index (χ0) is 19.9. The van der Waals surface area contributed by atoms with Crippen molar-refractivity contribution in [1.82, 2.24) is 0 Å². The van der Waals surface area contributed by atoms with Crippen LogP contribution in [0.5, 0.6) is 0 Å². The Hall–Kier alpha value is -1.51. The molecule has 0 aromatic carbocycles. The maximum Gasteiger partial charge on any atom is 0.143 e. The standard InChI is InChI=1S/C23H38O3/c1-6-9-10-11-12-14-20(15-18(4)24)17-21(13-7-2)22(8-3)23(26)16-19(5)25/h9-12,20-22H,6-8,13-17H2,1-5H3/b10-9-,12-11+. The fraction of sp³-hybridized carbons (Fsp3) is 0.696. The fourth-order valence-corrected chi connectivity index (χ4v) is 3.72. The number of hydrogen-bond donors (Lipinski definition) is 0. The predicted molar refractivity (Wildman–Crippen MR) is 109 cm³/mol. The summed E-state index contributed by atoms with van der Waals surface area (Å²) in [6.45, 7) is 9.37. The number of rotatable bonds is 15. The second kappa shape index (κ2) is 14.6. The molecule has 0 N–H and O–H groups in total. The number of hydrogen-bond acceptors (Lipinski definition) is 3. The number of carbonyl (C=O) groups is 3. The van der Waals surface area contributed by atoms with E-state index < -0.39 is 0 Å². The van der Waals surface area contributed by atoms with Crippen molar-refractivity contribution in [3.8, 4) is 0 Å². The molecular weight excluding hydrogens is 324 g/mol. The SMILES string of the molecule is CC/C=C\C=C\CC(CC(C)=O)CC(CCC)C(CC)C(=O)CC(C)=O. The van der Waals surface area contributed by atoms with Crippen LogP contribution in [0.25, 0.3) is 0 Å². The van der Waals surface area contributed by atoms with Crippen LogP contribution in [-0.4, -0.2) is 17.3 Å². The molecule has 0 aliphatic rings. The van der Waals surface area contributed by atoms with Gasteiger partial charge in [0.15, 0.2) is 0 Å². The number of carbonyl (C=O) groups excluding carboxylic acids is 3. The van der Waals surface area contributed by atoms with Crippen molar-refractivity contribution >= 4 is 17.3 Å². The molecule has 0 spiro atoms. The highest BCUT2D eigenvalue weighted by atomic mass is 16.1. The summed E-state index contributed by atoms with van der Waals surface area (Å²) < 4.78 is 0. The number of Topliss-reactive ketones (excluding diaryl/α,β-unsaturated/α-hetero) is 3. The van der Waals surface area contributed by atoms with E-state index in [1.54, 1.807) is 6.92 Å². The normalized spacial score (nSPS) is 15.3. The molecule has 3 nitrogen and oxygen atoms in total. The van der Waals surface area contributed by atoms with Gasteiger partial charge in [0.2, 0.25) is 0 Å². The maximum absolute atomic E-state index is 12.5. The highest BCUT2D eigenvalue weighted by Gasteiger charge is 2.29. The van der Waals surface area contributed by atoms with Crippen molar-refractivity contribution in [3.05, 3.63) is 24.3 Å². The largest absolute Gasteiger partial charge is 0.300 e. The molecule has 3 heteroatoms. The van der Waals surface area contributed by atoms with Crippen molar-refractivity contribution in [3.63, 3.8) is 0 Å². The van der Waals surface area contributed by atoms with Gasteiger partial charge in [-0.3, -0.25) is 9.59 Å². The van der Waals surface area contributed by atoms with Crippen LogP contribution in [0, 0.1) is 17.8 Å². The minimum Gasteiger partial charge on any atom is -0.300 e. The van der Waals surface area contributed by atoms with E-state index in [0.717, 1.165) is 38.5 Å². The number of ketones is 3. The van der Waals surface area contributed by atoms with Crippen LogP contribution in [0.15, 0.2) is 24.3 Å². The van der Waals surface area contributed by atoms with Crippen LogP contribution in [0.3, 0.4) is 0 Å². The van der Waals surface area contributed by atoms with Gasteiger partial charge < -0.3 is 4.79 Å². The Morgan fingerprint density at radius 2 is 1.58 bits per heavy atom. The van der Waals surface area contributed by atoms with E-state index >= 15 is 0 Å². The summed E-state index contributed by atoms with van der Waals surface area (Å²) >= 11 is 0. The Kier molecular flexibility index (Phi) is 13.8. The van der Waals surface area contributed by atoms with Gasteiger partial charge in [0.25, 0.3) is 0 Å². The second-order valence-corrected chi connectivity index (χ2v) is 7.42. The Bertz CT molecular complexity index is 488. The van der Waals surface area contributed by atoms with Crippen LogP contribution in [-0.2, 0) is 14.4 Å². The van der Waals surface area contributed by atoms with E-state index in [-0.39, 0.29) is 41.5 Å². The molecule has 0 fully saturated rings. The van der Waals surface area contributed by atoms with Crippen molar-refractivity contribution in [1.29, 1.82) is 0 Å². The maximum atomic E-state index is 12.5. The van der Waals surface area contributed by atoms with Crippen molar-refractivity contribution in [2.75, 3.05) is 0 Å². The highest BCUT2D eigenvalue weighted by molar-refractivity contribution is 5.99. The minimum absolute atomic E-state index is 0.0395. The topological polar surface area (TPSA) is 51.2 Å². The van der Waals surface area contributed by atoms with Gasteiger partial charge in [-0.2, -0.15) is 0 Å². The molecule has 0 radical (unpaired) electrons. The van der Waals surface area contributed by atoms with E-state index in [4.69, 9.17) is 0 Å². The van der Waals surface area contributed by atoms with Crippen LogP contribution >= 0.6 is 0 Å². The Balaban J connectivity index is 5.15. The van der Waals surface area contributed by atoms with E-state index in [9.17, 15) is 14.4 Å². The van der Waals surface area contributed by atoms with E-state index in [1.165, 1.54) is 6.92 Å². The molecule has 3 atom stereocenters. The summed E-state index contributed by atoms with van der Waals surface area (Å²) in [6.07, 6.45) is 14.4. The van der Waals surface area contributed by atoms with Gasteiger partial charge >= 0.3 is 0 Å². The molecule has 0 aliphatic carbocycles. The molecule has 0 amide bonds. The van der Waals surface area contributed by atoms with Gasteiger partial charge in [-0.1, -0.05) is 57.9 Å². The van der Waals surface area contributed by atoms with Crippen molar-refractivity contribution in [2.45, 2.75) is 86.0 Å². The summed E-state index contributed by atoms with van der Waals surface area (Å²) in [5.74, 6) is 0.648. The zero-order valence-electron chi connectivity index (χ0n) is 17.4. The molecule has 26 heavy (non-hydrogen) atoms. The van der Waals surface area contributed by atoms with Crippen LogP contribution in [0.2, 0.25) is 0 Å². The van der Waals surface area contributed by atoms with Crippen LogP contribution < -0.4 is 0 Å². The second-order valence-electron chi connectivity index (χ2n) is 7.42. The lowest BCUT2D eigenvalue weighted by Gasteiger charge is -2.28. The molecule has 3 unspecified atom stereocenters. The lowest BCUT2D eigenvalue weighted by atomic mass is 9.75. The quantitative estimate of drug-likeness (QED) is 0.270. The van der Waals surface area contributed by atoms with Gasteiger partial charge in [0.1, 0.15) is 17.3 Å². The van der Waals surface area contributed by atoms with Crippen molar-refractivity contribution < 1.29 is 14.4 Å². The van der Waals surface area contributed by atoms with E-state index in [0.29, 0.717) is 6.42 Å². The monoisotopic (exact) mass is 362 g/mol. The third-order valence-corrected chi connectivity index (χ3v) is 4.81. The zero-order valence-corrected chi connectivity index (χ0v) is 17.4. The summed E-state index contributed by atoms with van der Waals surface area (Å²) in [7, 11) is 0. The van der Waals surface area contributed by atoms with Gasteiger partial charge in [0, 0.05) is 12.3 Å². The molecule has 0 aromatic rings. The van der Waals surface area contributed by atoms with Crippen molar-refractivity contribution in [2.24, 2.45) is 17.8 Å². The van der Waals surface area contributed by atoms with Gasteiger partial charge in [-0.25, -0.2) is 0 Å². The first kappa shape index (κ1) is 24.5.